The monoisotopic (exact) mass is 352 g/mol. The van der Waals surface area contributed by atoms with Crippen LogP contribution in [0.4, 0.5) is 13.2 Å². The van der Waals surface area contributed by atoms with Crippen molar-refractivity contribution in [2.75, 3.05) is 33.3 Å². The minimum Gasteiger partial charge on any atom is -0.496 e. The highest BCUT2D eigenvalue weighted by molar-refractivity contribution is 5.88. The molecule has 0 aliphatic carbocycles. The van der Waals surface area contributed by atoms with Gasteiger partial charge in [0.05, 0.1) is 7.11 Å². The van der Waals surface area contributed by atoms with E-state index in [-0.39, 0.29) is 12.5 Å². The standard InChI is InChI=1S/C19H23F3N2O/c1-25-17-7-6-14-4-2-3-5-15(14)18(17)16(8-9-19(20,21)22)24-12-10-23-11-13-24/h2-7,16,23H,8-13H2,1H3/t16-/m1/s1. The van der Waals surface area contributed by atoms with Crippen LogP contribution >= 0.6 is 0 Å². The summed E-state index contributed by atoms with van der Waals surface area (Å²) < 4.78 is 44.3. The average molecular weight is 352 g/mol. The zero-order chi connectivity index (χ0) is 17.9. The number of nitrogens with one attached hydrogen (secondary N) is 1. The van der Waals surface area contributed by atoms with E-state index in [0.717, 1.165) is 42.5 Å². The maximum atomic E-state index is 12.9. The normalized spacial score (nSPS) is 17.6. The fraction of sp³-hybridized carbons (Fsp3) is 0.474. The van der Waals surface area contributed by atoms with E-state index in [2.05, 4.69) is 10.2 Å². The van der Waals surface area contributed by atoms with Crippen molar-refractivity contribution in [3.05, 3.63) is 42.0 Å². The number of methoxy groups -OCH3 is 1. The Balaban J connectivity index is 2.06. The first-order valence-electron chi connectivity index (χ1n) is 8.57. The number of halogens is 3. The van der Waals surface area contributed by atoms with Crippen LogP contribution in [0, 0.1) is 0 Å². The molecule has 0 bridgehead atoms. The highest BCUT2D eigenvalue weighted by Crippen LogP contribution is 2.40. The SMILES string of the molecule is COc1ccc2ccccc2c1[C@@H](CCC(F)(F)F)N1CCNCC1. The van der Waals surface area contributed by atoms with Crippen LogP contribution in [0.25, 0.3) is 10.8 Å². The van der Waals surface area contributed by atoms with Crippen LogP contribution in [0.3, 0.4) is 0 Å². The van der Waals surface area contributed by atoms with E-state index in [1.165, 1.54) is 0 Å². The molecule has 3 nitrogen and oxygen atoms in total. The van der Waals surface area contributed by atoms with Crippen LogP contribution in [0.1, 0.15) is 24.4 Å². The second-order valence-corrected chi connectivity index (χ2v) is 6.36. The molecular weight excluding hydrogens is 329 g/mol. The summed E-state index contributed by atoms with van der Waals surface area (Å²) in [7, 11) is 1.58. The number of nitrogens with zero attached hydrogens (tertiary/aromatic N) is 1. The van der Waals surface area contributed by atoms with Crippen molar-refractivity contribution in [1.29, 1.82) is 0 Å². The van der Waals surface area contributed by atoms with Gasteiger partial charge in [0.2, 0.25) is 0 Å². The Kier molecular flexibility index (Phi) is 5.49. The van der Waals surface area contributed by atoms with E-state index in [4.69, 9.17) is 4.74 Å². The lowest BCUT2D eigenvalue weighted by Crippen LogP contribution is -2.45. The van der Waals surface area contributed by atoms with Gasteiger partial charge in [0.1, 0.15) is 5.75 Å². The van der Waals surface area contributed by atoms with Crippen LogP contribution in [0.15, 0.2) is 36.4 Å². The van der Waals surface area contributed by atoms with Gasteiger partial charge in [-0.25, -0.2) is 0 Å². The van der Waals surface area contributed by atoms with Crippen molar-refractivity contribution in [3.63, 3.8) is 0 Å². The van der Waals surface area contributed by atoms with E-state index < -0.39 is 12.6 Å². The van der Waals surface area contributed by atoms with Crippen LogP contribution in [0.5, 0.6) is 5.75 Å². The fourth-order valence-corrected chi connectivity index (χ4v) is 3.60. The molecule has 2 aromatic carbocycles. The van der Waals surface area contributed by atoms with Gasteiger partial charge in [0.15, 0.2) is 0 Å². The van der Waals surface area contributed by atoms with Crippen molar-refractivity contribution in [3.8, 4) is 5.75 Å². The average Bonchev–Trinajstić information content (AvgIpc) is 2.62. The molecule has 136 valence electrons. The molecular formula is C19H23F3N2O. The number of alkyl halides is 3. The predicted molar refractivity (Wildman–Crippen MR) is 93.0 cm³/mol. The summed E-state index contributed by atoms with van der Waals surface area (Å²) in [5.74, 6) is 0.657. The first-order valence-corrected chi connectivity index (χ1v) is 8.57. The highest BCUT2D eigenvalue weighted by Gasteiger charge is 2.33. The molecule has 2 aromatic rings. The Hall–Kier alpha value is -1.79. The molecule has 1 N–H and O–H groups in total. The van der Waals surface area contributed by atoms with Crippen molar-refractivity contribution in [1.82, 2.24) is 10.2 Å². The van der Waals surface area contributed by atoms with Crippen LogP contribution in [-0.2, 0) is 0 Å². The summed E-state index contributed by atoms with van der Waals surface area (Å²) in [5, 5.41) is 5.25. The lowest BCUT2D eigenvalue weighted by atomic mass is 9.93. The number of piperazine rings is 1. The number of benzene rings is 2. The van der Waals surface area contributed by atoms with Crippen LogP contribution in [0.2, 0.25) is 0 Å². The molecule has 1 fully saturated rings. The van der Waals surface area contributed by atoms with Gasteiger partial charge in [0.25, 0.3) is 0 Å². The number of rotatable bonds is 5. The Morgan fingerprint density at radius 2 is 1.84 bits per heavy atom. The maximum Gasteiger partial charge on any atom is 0.389 e. The van der Waals surface area contributed by atoms with E-state index in [9.17, 15) is 13.2 Å². The third-order valence-corrected chi connectivity index (χ3v) is 4.78. The Morgan fingerprint density at radius 1 is 1.12 bits per heavy atom. The molecule has 0 radical (unpaired) electrons. The van der Waals surface area contributed by atoms with Gasteiger partial charge in [-0.2, -0.15) is 13.2 Å². The first kappa shape index (κ1) is 18.0. The largest absolute Gasteiger partial charge is 0.496 e. The van der Waals surface area contributed by atoms with Gasteiger partial charge < -0.3 is 10.1 Å². The minimum absolute atomic E-state index is 0.0356. The summed E-state index contributed by atoms with van der Waals surface area (Å²) in [6.45, 7) is 3.04. The zero-order valence-electron chi connectivity index (χ0n) is 14.3. The molecule has 1 atom stereocenters. The van der Waals surface area contributed by atoms with Gasteiger partial charge in [-0.1, -0.05) is 30.3 Å². The number of hydrogen-bond donors (Lipinski definition) is 1. The predicted octanol–water partition coefficient (Wildman–Crippen LogP) is 4.14. The fourth-order valence-electron chi connectivity index (χ4n) is 3.60. The quantitative estimate of drug-likeness (QED) is 0.875. The van der Waals surface area contributed by atoms with Crippen molar-refractivity contribution < 1.29 is 17.9 Å². The summed E-state index contributed by atoms with van der Waals surface area (Å²) in [6.07, 6.45) is -4.92. The Morgan fingerprint density at radius 3 is 2.52 bits per heavy atom. The van der Waals surface area contributed by atoms with E-state index in [0.29, 0.717) is 5.75 Å². The molecule has 0 saturated carbocycles. The molecule has 1 aliphatic heterocycles. The summed E-state index contributed by atoms with van der Waals surface area (Å²) in [6, 6.07) is 11.3. The summed E-state index contributed by atoms with van der Waals surface area (Å²) in [5.41, 5.74) is 0.867. The van der Waals surface area contributed by atoms with Gasteiger partial charge in [-0.15, -0.1) is 0 Å². The smallest absolute Gasteiger partial charge is 0.389 e. The van der Waals surface area contributed by atoms with Crippen molar-refractivity contribution in [2.45, 2.75) is 25.1 Å². The molecule has 0 unspecified atom stereocenters. The molecule has 0 aromatic heterocycles. The van der Waals surface area contributed by atoms with Crippen molar-refractivity contribution >= 4 is 10.8 Å². The third-order valence-electron chi connectivity index (χ3n) is 4.78. The molecule has 6 heteroatoms. The maximum absolute atomic E-state index is 12.9. The molecule has 1 saturated heterocycles. The third kappa shape index (κ3) is 4.25. The van der Waals surface area contributed by atoms with E-state index in [1.807, 2.05) is 36.4 Å². The molecule has 25 heavy (non-hydrogen) atoms. The summed E-state index contributed by atoms with van der Waals surface area (Å²) in [4.78, 5) is 2.15. The minimum atomic E-state index is -4.16. The zero-order valence-corrected chi connectivity index (χ0v) is 14.3. The number of ether oxygens (including phenoxy) is 1. The molecule has 0 spiro atoms. The van der Waals surface area contributed by atoms with Gasteiger partial charge >= 0.3 is 6.18 Å². The van der Waals surface area contributed by atoms with Crippen molar-refractivity contribution in [2.24, 2.45) is 0 Å². The topological polar surface area (TPSA) is 24.5 Å². The Labute approximate surface area is 145 Å². The van der Waals surface area contributed by atoms with E-state index >= 15 is 0 Å². The highest BCUT2D eigenvalue weighted by atomic mass is 19.4. The lowest BCUT2D eigenvalue weighted by molar-refractivity contribution is -0.138. The van der Waals surface area contributed by atoms with Gasteiger partial charge in [0, 0.05) is 44.2 Å². The van der Waals surface area contributed by atoms with Crippen LogP contribution < -0.4 is 10.1 Å². The molecule has 3 rings (SSSR count). The second-order valence-electron chi connectivity index (χ2n) is 6.36. The van der Waals surface area contributed by atoms with Crippen LogP contribution in [-0.4, -0.2) is 44.4 Å². The number of fused-ring (bicyclic) bond motifs is 1. The second kappa shape index (κ2) is 7.62. The number of hydrogen-bond acceptors (Lipinski definition) is 3. The van der Waals surface area contributed by atoms with Gasteiger partial charge in [-0.3, -0.25) is 4.90 Å². The Bertz CT molecular complexity index is 711. The lowest BCUT2D eigenvalue weighted by Gasteiger charge is -2.36. The molecule has 0 amide bonds. The first-order chi connectivity index (χ1) is 12.0. The van der Waals surface area contributed by atoms with E-state index in [1.54, 1.807) is 7.11 Å². The molecule has 1 heterocycles. The summed E-state index contributed by atoms with van der Waals surface area (Å²) >= 11 is 0. The molecule has 1 aliphatic rings. The van der Waals surface area contributed by atoms with Gasteiger partial charge in [-0.05, 0) is 23.3 Å².